The van der Waals surface area contributed by atoms with Gasteiger partial charge in [-0.15, -0.1) is 24.8 Å². The number of hydrogen-bond donors (Lipinski definition) is 2. The van der Waals surface area contributed by atoms with Crippen LogP contribution in [0.25, 0.3) is 11.3 Å². The van der Waals surface area contributed by atoms with Gasteiger partial charge in [0.1, 0.15) is 5.75 Å². The Balaban J connectivity index is 0.00000200. The van der Waals surface area contributed by atoms with Crippen LogP contribution in [0.1, 0.15) is 5.56 Å². The van der Waals surface area contributed by atoms with E-state index in [2.05, 4.69) is 9.98 Å². The highest BCUT2D eigenvalue weighted by Crippen LogP contribution is 2.27. The summed E-state index contributed by atoms with van der Waals surface area (Å²) in [7, 11) is 1.62. The van der Waals surface area contributed by atoms with Gasteiger partial charge < -0.3 is 16.2 Å². The molecule has 0 spiro atoms. The zero-order valence-electron chi connectivity index (χ0n) is 11.7. The molecule has 2 rings (SSSR count). The van der Waals surface area contributed by atoms with Crippen molar-refractivity contribution in [3.63, 3.8) is 0 Å². The van der Waals surface area contributed by atoms with Crippen molar-refractivity contribution in [3.8, 4) is 17.0 Å². The lowest BCUT2D eigenvalue weighted by Gasteiger charge is -2.07. The molecule has 1 aromatic heterocycles. The molecule has 0 aliphatic rings. The summed E-state index contributed by atoms with van der Waals surface area (Å²) in [5.74, 6) is 0.799. The topological polar surface area (TPSA) is 86.5 Å². The Morgan fingerprint density at radius 2 is 1.86 bits per heavy atom. The molecule has 0 saturated heterocycles. The second-order valence-corrected chi connectivity index (χ2v) is 4.12. The first-order valence-corrected chi connectivity index (χ1v) is 5.81. The molecule has 1 heterocycles. The smallest absolute Gasteiger partial charge is 0.191 e. The SMILES string of the molecule is COc1ccnc(-c2ccc(C)c(N=C(N)N)c2)c1.Cl.Cl. The molecule has 0 atom stereocenters. The predicted octanol–water partition coefficient (Wildman–Crippen LogP) is 2.81. The molecule has 0 fully saturated rings. The van der Waals surface area contributed by atoms with Crippen LogP contribution in [-0.2, 0) is 0 Å². The van der Waals surface area contributed by atoms with Gasteiger partial charge >= 0.3 is 0 Å². The lowest BCUT2D eigenvalue weighted by molar-refractivity contribution is 0.414. The number of benzene rings is 1. The third kappa shape index (κ3) is 4.81. The number of halogens is 2. The van der Waals surface area contributed by atoms with Gasteiger partial charge in [-0.25, -0.2) is 4.99 Å². The zero-order chi connectivity index (χ0) is 13.8. The molecule has 7 heteroatoms. The fraction of sp³-hybridized carbons (Fsp3) is 0.143. The first kappa shape index (κ1) is 19.0. The average Bonchev–Trinajstić information content (AvgIpc) is 2.41. The summed E-state index contributed by atoms with van der Waals surface area (Å²) in [4.78, 5) is 8.42. The lowest BCUT2D eigenvalue weighted by atomic mass is 10.1. The van der Waals surface area contributed by atoms with Gasteiger partial charge in [0.2, 0.25) is 0 Å². The summed E-state index contributed by atoms with van der Waals surface area (Å²) in [6.07, 6.45) is 1.70. The average molecular weight is 329 g/mol. The second-order valence-electron chi connectivity index (χ2n) is 4.12. The highest BCUT2D eigenvalue weighted by molar-refractivity contribution is 5.85. The third-order valence-corrected chi connectivity index (χ3v) is 2.72. The number of hydrogen-bond acceptors (Lipinski definition) is 3. The lowest BCUT2D eigenvalue weighted by Crippen LogP contribution is -2.22. The quantitative estimate of drug-likeness (QED) is 0.670. The largest absolute Gasteiger partial charge is 0.497 e. The normalized spacial score (nSPS) is 9.05. The predicted molar refractivity (Wildman–Crippen MR) is 90.9 cm³/mol. The number of nitrogens with two attached hydrogens (primary N) is 2. The Morgan fingerprint density at radius 3 is 2.48 bits per heavy atom. The molecule has 0 bridgehead atoms. The van der Waals surface area contributed by atoms with Gasteiger partial charge in [0.25, 0.3) is 0 Å². The van der Waals surface area contributed by atoms with E-state index < -0.39 is 0 Å². The standard InChI is InChI=1S/C14H16N4O.2ClH/c1-9-3-4-10(7-12(9)18-14(15)16)13-8-11(19-2)5-6-17-13;;/h3-8H,1-2H3,(H4,15,16,18);2*1H. The number of ether oxygens (including phenoxy) is 1. The highest BCUT2D eigenvalue weighted by atomic mass is 35.5. The van der Waals surface area contributed by atoms with Crippen LogP contribution in [0.4, 0.5) is 5.69 Å². The van der Waals surface area contributed by atoms with Crippen LogP contribution in [0, 0.1) is 6.92 Å². The van der Waals surface area contributed by atoms with E-state index in [1.165, 1.54) is 0 Å². The summed E-state index contributed by atoms with van der Waals surface area (Å²) in [5.41, 5.74) is 14.3. The number of guanidine groups is 1. The van der Waals surface area contributed by atoms with Gasteiger partial charge in [-0.2, -0.15) is 0 Å². The molecule has 4 N–H and O–H groups in total. The Hall–Kier alpha value is -1.98. The minimum Gasteiger partial charge on any atom is -0.497 e. The number of rotatable bonds is 3. The highest BCUT2D eigenvalue weighted by Gasteiger charge is 2.04. The molecule has 0 aliphatic heterocycles. The van der Waals surface area contributed by atoms with Crippen molar-refractivity contribution in [1.82, 2.24) is 4.98 Å². The molecule has 0 aliphatic carbocycles. The van der Waals surface area contributed by atoms with Crippen LogP contribution in [-0.4, -0.2) is 18.1 Å². The van der Waals surface area contributed by atoms with Gasteiger partial charge in [0.05, 0.1) is 18.5 Å². The Morgan fingerprint density at radius 1 is 1.14 bits per heavy atom. The maximum Gasteiger partial charge on any atom is 0.191 e. The number of nitrogens with zero attached hydrogens (tertiary/aromatic N) is 2. The number of aryl methyl sites for hydroxylation is 1. The second kappa shape index (κ2) is 8.34. The molecule has 0 saturated carbocycles. The number of aliphatic imine (C=N–C) groups is 1. The summed E-state index contributed by atoms with van der Waals surface area (Å²) in [5, 5.41) is 0. The fourth-order valence-corrected chi connectivity index (χ4v) is 1.72. The van der Waals surface area contributed by atoms with E-state index in [1.54, 1.807) is 19.4 Å². The number of pyridine rings is 1. The number of aromatic nitrogens is 1. The van der Waals surface area contributed by atoms with Crippen molar-refractivity contribution in [3.05, 3.63) is 42.1 Å². The van der Waals surface area contributed by atoms with Gasteiger partial charge in [0.15, 0.2) is 5.96 Å². The van der Waals surface area contributed by atoms with Crippen molar-refractivity contribution in [1.29, 1.82) is 0 Å². The van der Waals surface area contributed by atoms with Crippen LogP contribution >= 0.6 is 24.8 Å². The van der Waals surface area contributed by atoms with Crippen molar-refractivity contribution in [2.24, 2.45) is 16.5 Å². The Kier molecular flexibility index (Phi) is 7.55. The van der Waals surface area contributed by atoms with Crippen molar-refractivity contribution < 1.29 is 4.74 Å². The van der Waals surface area contributed by atoms with E-state index in [9.17, 15) is 0 Å². The molecule has 0 unspecified atom stereocenters. The van der Waals surface area contributed by atoms with Gasteiger partial charge in [0, 0.05) is 17.8 Å². The van der Waals surface area contributed by atoms with E-state index in [1.807, 2.05) is 31.2 Å². The molecule has 5 nitrogen and oxygen atoms in total. The van der Waals surface area contributed by atoms with Crippen molar-refractivity contribution in [2.75, 3.05) is 7.11 Å². The molecule has 0 radical (unpaired) electrons. The summed E-state index contributed by atoms with van der Waals surface area (Å²) >= 11 is 0. The molecule has 21 heavy (non-hydrogen) atoms. The summed E-state index contributed by atoms with van der Waals surface area (Å²) < 4.78 is 5.19. The third-order valence-electron chi connectivity index (χ3n) is 2.72. The molecular formula is C14H18Cl2N4O. The molecular weight excluding hydrogens is 311 g/mol. The van der Waals surface area contributed by atoms with Gasteiger partial charge in [-0.3, -0.25) is 4.98 Å². The van der Waals surface area contributed by atoms with Crippen LogP contribution < -0.4 is 16.2 Å². The maximum absolute atomic E-state index is 5.42. The Bertz CT molecular complexity index is 628. The van der Waals surface area contributed by atoms with E-state index >= 15 is 0 Å². The van der Waals surface area contributed by atoms with Gasteiger partial charge in [-0.1, -0.05) is 12.1 Å². The van der Waals surface area contributed by atoms with Crippen LogP contribution in [0.2, 0.25) is 0 Å². The van der Waals surface area contributed by atoms with Gasteiger partial charge in [-0.05, 0) is 24.6 Å². The fourth-order valence-electron chi connectivity index (χ4n) is 1.72. The molecule has 114 valence electrons. The number of methoxy groups -OCH3 is 1. The van der Waals surface area contributed by atoms with Crippen LogP contribution in [0.5, 0.6) is 5.75 Å². The van der Waals surface area contributed by atoms with Crippen molar-refractivity contribution in [2.45, 2.75) is 6.92 Å². The maximum atomic E-state index is 5.42. The zero-order valence-corrected chi connectivity index (χ0v) is 13.4. The first-order chi connectivity index (χ1) is 9.10. The Labute approximate surface area is 136 Å². The van der Waals surface area contributed by atoms with Crippen LogP contribution in [0.3, 0.4) is 0 Å². The van der Waals surface area contributed by atoms with Crippen LogP contribution in [0.15, 0.2) is 41.5 Å². The minimum atomic E-state index is 0. The van der Waals surface area contributed by atoms with E-state index in [4.69, 9.17) is 16.2 Å². The first-order valence-electron chi connectivity index (χ1n) is 5.81. The van der Waals surface area contributed by atoms with E-state index in [0.29, 0.717) is 0 Å². The molecule has 1 aromatic carbocycles. The van der Waals surface area contributed by atoms with E-state index in [-0.39, 0.29) is 30.8 Å². The summed E-state index contributed by atoms with van der Waals surface area (Å²) in [6.45, 7) is 1.95. The minimum absolute atomic E-state index is 0. The van der Waals surface area contributed by atoms with E-state index in [0.717, 1.165) is 28.3 Å². The summed E-state index contributed by atoms with van der Waals surface area (Å²) in [6, 6.07) is 9.50. The molecule has 0 amide bonds. The van der Waals surface area contributed by atoms with Crippen molar-refractivity contribution >= 4 is 36.5 Å². The monoisotopic (exact) mass is 328 g/mol. The molecule has 2 aromatic rings.